The van der Waals surface area contributed by atoms with Gasteiger partial charge >= 0.3 is 0 Å². The van der Waals surface area contributed by atoms with Gasteiger partial charge in [0.1, 0.15) is 5.54 Å². The molecular formula is C16H20N2O. The molecule has 0 fully saturated rings. The second-order valence-corrected chi connectivity index (χ2v) is 5.39. The van der Waals surface area contributed by atoms with Crippen LogP contribution in [0.15, 0.2) is 54.7 Å². The van der Waals surface area contributed by atoms with Crippen LogP contribution in [0.4, 0.5) is 5.69 Å². The fraction of sp³-hybridized carbons (Fsp3) is 0.312. The highest BCUT2D eigenvalue weighted by atomic mass is 16.3. The van der Waals surface area contributed by atoms with Crippen LogP contribution in [0, 0.1) is 0 Å². The van der Waals surface area contributed by atoms with Crippen LogP contribution in [0.5, 0.6) is 0 Å². The molecule has 100 valence electrons. The SMILES string of the molecule is CC(C)(O)C(C)(Nc1ccccc1)c1ccccn1. The molecule has 19 heavy (non-hydrogen) atoms. The third-order valence-electron chi connectivity index (χ3n) is 3.57. The Balaban J connectivity index is 2.42. The number of pyridine rings is 1. The van der Waals surface area contributed by atoms with Crippen molar-refractivity contribution in [1.82, 2.24) is 4.98 Å². The number of aliphatic hydroxyl groups is 1. The summed E-state index contributed by atoms with van der Waals surface area (Å²) < 4.78 is 0. The van der Waals surface area contributed by atoms with E-state index in [1.165, 1.54) is 0 Å². The second-order valence-electron chi connectivity index (χ2n) is 5.39. The van der Waals surface area contributed by atoms with Crippen molar-refractivity contribution in [2.75, 3.05) is 5.32 Å². The van der Waals surface area contributed by atoms with Gasteiger partial charge in [-0.1, -0.05) is 24.3 Å². The van der Waals surface area contributed by atoms with E-state index >= 15 is 0 Å². The van der Waals surface area contributed by atoms with E-state index in [4.69, 9.17) is 0 Å². The molecule has 2 N–H and O–H groups in total. The van der Waals surface area contributed by atoms with E-state index in [9.17, 15) is 5.11 Å². The summed E-state index contributed by atoms with van der Waals surface area (Å²) in [5.74, 6) is 0. The predicted octanol–water partition coefficient (Wildman–Crippen LogP) is 3.18. The number of para-hydroxylation sites is 1. The van der Waals surface area contributed by atoms with Gasteiger partial charge in [0.15, 0.2) is 0 Å². The van der Waals surface area contributed by atoms with E-state index in [1.54, 1.807) is 20.0 Å². The van der Waals surface area contributed by atoms with Gasteiger partial charge in [0.05, 0.1) is 11.3 Å². The summed E-state index contributed by atoms with van der Waals surface area (Å²) in [5.41, 5.74) is 0.136. The molecule has 0 saturated heterocycles. The van der Waals surface area contributed by atoms with Crippen LogP contribution in [0.3, 0.4) is 0 Å². The lowest BCUT2D eigenvalue weighted by Gasteiger charge is -2.41. The Labute approximate surface area is 114 Å². The van der Waals surface area contributed by atoms with E-state index in [1.807, 2.05) is 55.5 Å². The number of hydrogen-bond acceptors (Lipinski definition) is 3. The first kappa shape index (κ1) is 13.6. The number of nitrogens with one attached hydrogen (secondary N) is 1. The molecule has 0 bridgehead atoms. The van der Waals surface area contributed by atoms with Crippen molar-refractivity contribution in [1.29, 1.82) is 0 Å². The van der Waals surface area contributed by atoms with Crippen LogP contribution in [0.1, 0.15) is 26.5 Å². The molecule has 2 rings (SSSR count). The molecule has 0 aliphatic heterocycles. The van der Waals surface area contributed by atoms with Crippen LogP contribution in [-0.4, -0.2) is 15.7 Å². The predicted molar refractivity (Wildman–Crippen MR) is 78.0 cm³/mol. The minimum atomic E-state index is -0.961. The van der Waals surface area contributed by atoms with Gasteiger partial charge in [-0.05, 0) is 45.0 Å². The summed E-state index contributed by atoms with van der Waals surface area (Å²) in [5, 5.41) is 13.9. The molecule has 0 amide bonds. The minimum absolute atomic E-state index is 0.671. The normalized spacial score (nSPS) is 14.7. The maximum atomic E-state index is 10.5. The zero-order valence-corrected chi connectivity index (χ0v) is 11.6. The third-order valence-corrected chi connectivity index (χ3v) is 3.57. The molecule has 0 spiro atoms. The Morgan fingerprint density at radius 1 is 0.947 bits per heavy atom. The lowest BCUT2D eigenvalue weighted by Crippen LogP contribution is -2.51. The summed E-state index contributed by atoms with van der Waals surface area (Å²) in [6.45, 7) is 5.54. The molecule has 1 heterocycles. The van der Waals surface area contributed by atoms with Crippen LogP contribution in [0.25, 0.3) is 0 Å². The number of nitrogens with zero attached hydrogens (tertiary/aromatic N) is 1. The first-order valence-corrected chi connectivity index (χ1v) is 6.40. The molecule has 0 saturated carbocycles. The van der Waals surface area contributed by atoms with Gasteiger partial charge in [-0.15, -0.1) is 0 Å². The van der Waals surface area contributed by atoms with E-state index in [0.29, 0.717) is 0 Å². The number of hydrogen-bond donors (Lipinski definition) is 2. The summed E-state index contributed by atoms with van der Waals surface area (Å²) in [7, 11) is 0. The molecule has 1 unspecified atom stereocenters. The van der Waals surface area contributed by atoms with Gasteiger partial charge < -0.3 is 10.4 Å². The first-order valence-electron chi connectivity index (χ1n) is 6.40. The fourth-order valence-corrected chi connectivity index (χ4v) is 2.00. The Morgan fingerprint density at radius 3 is 2.11 bits per heavy atom. The molecule has 2 aromatic rings. The van der Waals surface area contributed by atoms with Crippen LogP contribution in [-0.2, 0) is 5.54 Å². The second kappa shape index (κ2) is 5.02. The fourth-order valence-electron chi connectivity index (χ4n) is 2.00. The van der Waals surface area contributed by atoms with Crippen LogP contribution < -0.4 is 5.32 Å². The zero-order chi connectivity index (χ0) is 13.9. The third kappa shape index (κ3) is 2.76. The number of rotatable bonds is 4. The Kier molecular flexibility index (Phi) is 3.58. The largest absolute Gasteiger partial charge is 0.388 e. The summed E-state index contributed by atoms with van der Waals surface area (Å²) in [6.07, 6.45) is 1.74. The molecule has 0 aliphatic rings. The molecule has 1 aromatic carbocycles. The van der Waals surface area contributed by atoms with Crippen LogP contribution >= 0.6 is 0 Å². The Bertz CT molecular complexity index is 519. The Hall–Kier alpha value is -1.87. The summed E-state index contributed by atoms with van der Waals surface area (Å²) in [6, 6.07) is 15.6. The molecule has 0 radical (unpaired) electrons. The van der Waals surface area contributed by atoms with E-state index in [2.05, 4.69) is 10.3 Å². The van der Waals surface area contributed by atoms with E-state index in [0.717, 1.165) is 11.4 Å². The van der Waals surface area contributed by atoms with Crippen LogP contribution in [0.2, 0.25) is 0 Å². The maximum absolute atomic E-state index is 10.5. The lowest BCUT2D eigenvalue weighted by molar-refractivity contribution is 0.0123. The van der Waals surface area contributed by atoms with Gasteiger partial charge in [-0.3, -0.25) is 4.98 Å². The van der Waals surface area contributed by atoms with E-state index in [-0.39, 0.29) is 0 Å². The molecule has 1 aromatic heterocycles. The van der Waals surface area contributed by atoms with Crippen molar-refractivity contribution in [3.05, 3.63) is 60.4 Å². The summed E-state index contributed by atoms with van der Waals surface area (Å²) >= 11 is 0. The highest BCUT2D eigenvalue weighted by molar-refractivity contribution is 5.47. The lowest BCUT2D eigenvalue weighted by atomic mass is 9.80. The maximum Gasteiger partial charge on any atom is 0.105 e. The standard InChI is InChI=1S/C16H20N2O/c1-15(2,19)16(3,14-11-7-8-12-17-14)18-13-9-5-4-6-10-13/h4-12,18-19H,1-3H3. The number of aromatic nitrogens is 1. The van der Waals surface area contributed by atoms with Crippen molar-refractivity contribution in [2.45, 2.75) is 31.9 Å². The molecule has 1 atom stereocenters. The highest BCUT2D eigenvalue weighted by Gasteiger charge is 2.42. The molecule has 3 heteroatoms. The number of benzene rings is 1. The van der Waals surface area contributed by atoms with E-state index < -0.39 is 11.1 Å². The van der Waals surface area contributed by atoms with Gasteiger partial charge in [0.25, 0.3) is 0 Å². The zero-order valence-electron chi connectivity index (χ0n) is 11.6. The van der Waals surface area contributed by atoms with Crippen molar-refractivity contribution in [2.24, 2.45) is 0 Å². The monoisotopic (exact) mass is 256 g/mol. The molecule has 3 nitrogen and oxygen atoms in total. The average molecular weight is 256 g/mol. The smallest absolute Gasteiger partial charge is 0.105 e. The topological polar surface area (TPSA) is 45.1 Å². The average Bonchev–Trinajstić information content (AvgIpc) is 2.39. The minimum Gasteiger partial charge on any atom is -0.388 e. The van der Waals surface area contributed by atoms with Gasteiger partial charge in [-0.25, -0.2) is 0 Å². The molecular weight excluding hydrogens is 236 g/mol. The van der Waals surface area contributed by atoms with Crippen molar-refractivity contribution >= 4 is 5.69 Å². The van der Waals surface area contributed by atoms with Crippen molar-refractivity contribution in [3.63, 3.8) is 0 Å². The Morgan fingerprint density at radius 2 is 1.58 bits per heavy atom. The van der Waals surface area contributed by atoms with Gasteiger partial charge in [-0.2, -0.15) is 0 Å². The number of anilines is 1. The summed E-state index contributed by atoms with van der Waals surface area (Å²) in [4.78, 5) is 4.39. The molecule has 0 aliphatic carbocycles. The van der Waals surface area contributed by atoms with Crippen molar-refractivity contribution < 1.29 is 5.11 Å². The van der Waals surface area contributed by atoms with Gasteiger partial charge in [0, 0.05) is 11.9 Å². The highest BCUT2D eigenvalue weighted by Crippen LogP contribution is 2.34. The van der Waals surface area contributed by atoms with Crippen molar-refractivity contribution in [3.8, 4) is 0 Å². The quantitative estimate of drug-likeness (QED) is 0.883. The first-order chi connectivity index (χ1) is 8.93. The van der Waals surface area contributed by atoms with Gasteiger partial charge in [0.2, 0.25) is 0 Å².